The standard InChI is InChI=1S/C13H18FN3O2/c1-13(2,3)16-11(18)8-17(4)12(19)9-5-6-15-10(14)7-9/h5-7H,8H2,1-4H3,(H,16,18). The number of likely N-dealkylation sites (N-methyl/N-ethyl adjacent to an activating group) is 1. The van der Waals surface area contributed by atoms with Gasteiger partial charge in [-0.25, -0.2) is 4.98 Å². The summed E-state index contributed by atoms with van der Waals surface area (Å²) in [7, 11) is 1.49. The largest absolute Gasteiger partial charge is 0.350 e. The topological polar surface area (TPSA) is 62.3 Å². The molecule has 0 aliphatic heterocycles. The van der Waals surface area contributed by atoms with Crippen LogP contribution < -0.4 is 5.32 Å². The molecule has 1 heterocycles. The summed E-state index contributed by atoms with van der Waals surface area (Å²) < 4.78 is 12.9. The maximum atomic E-state index is 12.9. The van der Waals surface area contributed by atoms with Crippen LogP contribution in [0.3, 0.4) is 0 Å². The highest BCUT2D eigenvalue weighted by Gasteiger charge is 2.19. The fraction of sp³-hybridized carbons (Fsp3) is 0.462. The number of hydrogen-bond donors (Lipinski definition) is 1. The molecule has 19 heavy (non-hydrogen) atoms. The summed E-state index contributed by atoms with van der Waals surface area (Å²) in [5.74, 6) is -1.42. The number of aromatic nitrogens is 1. The van der Waals surface area contributed by atoms with Crippen molar-refractivity contribution in [1.82, 2.24) is 15.2 Å². The van der Waals surface area contributed by atoms with Crippen molar-refractivity contribution in [2.45, 2.75) is 26.3 Å². The number of halogens is 1. The van der Waals surface area contributed by atoms with E-state index in [4.69, 9.17) is 0 Å². The van der Waals surface area contributed by atoms with Gasteiger partial charge in [0.05, 0.1) is 6.54 Å². The van der Waals surface area contributed by atoms with Crippen LogP contribution in [0, 0.1) is 5.95 Å². The third kappa shape index (κ3) is 5.03. The van der Waals surface area contributed by atoms with Crippen molar-refractivity contribution in [3.8, 4) is 0 Å². The van der Waals surface area contributed by atoms with E-state index in [0.29, 0.717) is 0 Å². The second-order valence-corrected chi connectivity index (χ2v) is 5.33. The van der Waals surface area contributed by atoms with Crippen LogP contribution in [0.25, 0.3) is 0 Å². The maximum Gasteiger partial charge on any atom is 0.254 e. The molecule has 0 radical (unpaired) electrons. The second-order valence-electron chi connectivity index (χ2n) is 5.33. The highest BCUT2D eigenvalue weighted by Crippen LogP contribution is 2.05. The normalized spacial score (nSPS) is 11.0. The van der Waals surface area contributed by atoms with Crippen LogP contribution in [0.5, 0.6) is 0 Å². The lowest BCUT2D eigenvalue weighted by atomic mass is 10.1. The molecular formula is C13H18FN3O2. The molecule has 2 amide bonds. The molecule has 0 aromatic carbocycles. The molecule has 0 atom stereocenters. The molecule has 0 saturated carbocycles. The lowest BCUT2D eigenvalue weighted by molar-refractivity contribution is -0.122. The molecule has 0 spiro atoms. The Morgan fingerprint density at radius 1 is 1.42 bits per heavy atom. The predicted octanol–water partition coefficient (Wildman–Crippen LogP) is 1.21. The van der Waals surface area contributed by atoms with Gasteiger partial charge in [0.2, 0.25) is 11.9 Å². The quantitative estimate of drug-likeness (QED) is 0.837. The summed E-state index contributed by atoms with van der Waals surface area (Å²) in [5.41, 5.74) is -0.192. The maximum absolute atomic E-state index is 12.9. The lowest BCUT2D eigenvalue weighted by Crippen LogP contribution is -2.46. The second kappa shape index (κ2) is 5.77. The number of amides is 2. The SMILES string of the molecule is CN(CC(=O)NC(C)(C)C)C(=O)c1ccnc(F)c1. The van der Waals surface area contributed by atoms with Gasteiger partial charge in [-0.1, -0.05) is 0 Å². The fourth-order valence-electron chi connectivity index (χ4n) is 1.50. The van der Waals surface area contributed by atoms with Gasteiger partial charge in [0.15, 0.2) is 0 Å². The Bertz CT molecular complexity index is 483. The highest BCUT2D eigenvalue weighted by atomic mass is 19.1. The molecule has 0 fully saturated rings. The number of carbonyl (C=O) groups excluding carboxylic acids is 2. The molecular weight excluding hydrogens is 249 g/mol. The molecule has 0 saturated heterocycles. The Labute approximate surface area is 111 Å². The van der Waals surface area contributed by atoms with Gasteiger partial charge in [-0.2, -0.15) is 4.39 Å². The van der Waals surface area contributed by atoms with E-state index in [1.165, 1.54) is 24.2 Å². The van der Waals surface area contributed by atoms with E-state index >= 15 is 0 Å². The molecule has 6 heteroatoms. The first kappa shape index (κ1) is 15.1. The third-order valence-electron chi connectivity index (χ3n) is 2.22. The van der Waals surface area contributed by atoms with Gasteiger partial charge >= 0.3 is 0 Å². The molecule has 0 aliphatic rings. The molecule has 5 nitrogen and oxygen atoms in total. The van der Waals surface area contributed by atoms with Gasteiger partial charge < -0.3 is 10.2 Å². The number of hydrogen-bond acceptors (Lipinski definition) is 3. The number of pyridine rings is 1. The van der Waals surface area contributed by atoms with E-state index in [-0.39, 0.29) is 23.6 Å². The first-order valence-corrected chi connectivity index (χ1v) is 5.87. The van der Waals surface area contributed by atoms with E-state index in [1.807, 2.05) is 20.8 Å². The van der Waals surface area contributed by atoms with Crippen molar-refractivity contribution < 1.29 is 14.0 Å². The molecule has 0 bridgehead atoms. The zero-order chi connectivity index (χ0) is 14.6. The average molecular weight is 267 g/mol. The first-order chi connectivity index (χ1) is 8.69. The van der Waals surface area contributed by atoms with Crippen LogP contribution in [0.2, 0.25) is 0 Å². The third-order valence-corrected chi connectivity index (χ3v) is 2.22. The molecule has 1 N–H and O–H groups in total. The van der Waals surface area contributed by atoms with Gasteiger partial charge in [0, 0.05) is 30.4 Å². The van der Waals surface area contributed by atoms with E-state index in [1.54, 1.807) is 0 Å². The Hall–Kier alpha value is -1.98. The molecule has 1 aromatic rings. The van der Waals surface area contributed by atoms with Crippen molar-refractivity contribution in [2.75, 3.05) is 13.6 Å². The monoisotopic (exact) mass is 267 g/mol. The minimum atomic E-state index is -0.724. The predicted molar refractivity (Wildman–Crippen MR) is 69.1 cm³/mol. The molecule has 0 unspecified atom stereocenters. The number of rotatable bonds is 3. The van der Waals surface area contributed by atoms with E-state index in [0.717, 1.165) is 6.07 Å². The van der Waals surface area contributed by atoms with Crippen molar-refractivity contribution in [3.05, 3.63) is 29.8 Å². The Morgan fingerprint density at radius 3 is 2.58 bits per heavy atom. The van der Waals surface area contributed by atoms with Crippen LogP contribution in [-0.4, -0.2) is 40.8 Å². The minimum absolute atomic E-state index is 0.0833. The zero-order valence-corrected chi connectivity index (χ0v) is 11.5. The lowest BCUT2D eigenvalue weighted by Gasteiger charge is -2.23. The molecule has 1 rings (SSSR count). The molecule has 0 aliphatic carbocycles. The van der Waals surface area contributed by atoms with Crippen LogP contribution in [-0.2, 0) is 4.79 Å². The Balaban J connectivity index is 2.66. The Morgan fingerprint density at radius 2 is 2.05 bits per heavy atom. The van der Waals surface area contributed by atoms with Gasteiger partial charge in [-0.15, -0.1) is 0 Å². The van der Waals surface area contributed by atoms with E-state index in [2.05, 4.69) is 10.3 Å². The highest BCUT2D eigenvalue weighted by molar-refractivity contribution is 5.96. The summed E-state index contributed by atoms with van der Waals surface area (Å²) >= 11 is 0. The average Bonchev–Trinajstić information content (AvgIpc) is 2.25. The smallest absolute Gasteiger partial charge is 0.254 e. The van der Waals surface area contributed by atoms with E-state index in [9.17, 15) is 14.0 Å². The van der Waals surface area contributed by atoms with Crippen LogP contribution >= 0.6 is 0 Å². The van der Waals surface area contributed by atoms with Crippen LogP contribution in [0.15, 0.2) is 18.3 Å². The van der Waals surface area contributed by atoms with Crippen molar-refractivity contribution in [2.24, 2.45) is 0 Å². The first-order valence-electron chi connectivity index (χ1n) is 5.87. The van der Waals surface area contributed by atoms with Gasteiger partial charge in [0.25, 0.3) is 5.91 Å². The van der Waals surface area contributed by atoms with Gasteiger partial charge in [0.1, 0.15) is 0 Å². The van der Waals surface area contributed by atoms with Crippen molar-refractivity contribution >= 4 is 11.8 Å². The summed E-state index contributed by atoms with van der Waals surface area (Å²) in [6.07, 6.45) is 1.21. The number of nitrogens with one attached hydrogen (secondary N) is 1. The van der Waals surface area contributed by atoms with Gasteiger partial charge in [-0.3, -0.25) is 9.59 Å². The Kier molecular flexibility index (Phi) is 4.58. The van der Waals surface area contributed by atoms with Crippen molar-refractivity contribution in [1.29, 1.82) is 0 Å². The van der Waals surface area contributed by atoms with Crippen molar-refractivity contribution in [3.63, 3.8) is 0 Å². The summed E-state index contributed by atoms with van der Waals surface area (Å²) in [6.45, 7) is 5.47. The summed E-state index contributed by atoms with van der Waals surface area (Å²) in [4.78, 5) is 28.2. The summed E-state index contributed by atoms with van der Waals surface area (Å²) in [6, 6.07) is 2.45. The summed E-state index contributed by atoms with van der Waals surface area (Å²) in [5, 5.41) is 2.75. The fourth-order valence-corrected chi connectivity index (χ4v) is 1.50. The van der Waals surface area contributed by atoms with E-state index < -0.39 is 11.9 Å². The number of nitrogens with zero attached hydrogens (tertiary/aromatic N) is 2. The number of carbonyl (C=O) groups is 2. The van der Waals surface area contributed by atoms with Gasteiger partial charge in [-0.05, 0) is 26.8 Å². The minimum Gasteiger partial charge on any atom is -0.350 e. The zero-order valence-electron chi connectivity index (χ0n) is 11.5. The van der Waals surface area contributed by atoms with Crippen LogP contribution in [0.4, 0.5) is 4.39 Å². The molecule has 1 aromatic heterocycles. The van der Waals surface area contributed by atoms with Crippen LogP contribution in [0.1, 0.15) is 31.1 Å². The molecule has 104 valence electrons.